The Morgan fingerprint density at radius 3 is 2.73 bits per heavy atom. The van der Waals surface area contributed by atoms with E-state index >= 15 is 0 Å². The Morgan fingerprint density at radius 1 is 1.73 bits per heavy atom. The number of nitrogens with one attached hydrogen (secondary N) is 1. The Morgan fingerprint density at radius 2 is 2.36 bits per heavy atom. The first-order chi connectivity index (χ1) is 5.15. The molecule has 0 amide bonds. The van der Waals surface area contributed by atoms with Gasteiger partial charge in [0.1, 0.15) is 0 Å². The minimum Gasteiger partial charge on any atom is -0.468 e. The first kappa shape index (κ1) is 8.20. The van der Waals surface area contributed by atoms with Crippen molar-refractivity contribution in [2.45, 2.75) is 25.4 Å². The van der Waals surface area contributed by atoms with Crippen LogP contribution in [0.3, 0.4) is 0 Å². The predicted molar refractivity (Wildman–Crippen MR) is 38.0 cm³/mol. The van der Waals surface area contributed by atoms with E-state index in [1.807, 2.05) is 6.92 Å². The number of carbonyl (C=O) groups is 2. The van der Waals surface area contributed by atoms with Gasteiger partial charge >= 0.3 is 5.97 Å². The molecule has 1 heterocycles. The summed E-state index contributed by atoms with van der Waals surface area (Å²) in [7, 11) is 1.28. The van der Waals surface area contributed by atoms with E-state index in [-0.39, 0.29) is 11.8 Å². The van der Waals surface area contributed by atoms with Crippen LogP contribution in [-0.2, 0) is 14.3 Å². The predicted octanol–water partition coefficient (Wildman–Crippen LogP) is -0.521. The number of ketones is 1. The lowest BCUT2D eigenvalue weighted by molar-refractivity contribution is -0.145. The molecule has 1 N–H and O–H groups in total. The van der Waals surface area contributed by atoms with Crippen molar-refractivity contribution in [3.05, 3.63) is 0 Å². The molecule has 2 atom stereocenters. The molecule has 1 aliphatic rings. The molecule has 1 fully saturated rings. The van der Waals surface area contributed by atoms with Crippen LogP contribution in [0.2, 0.25) is 0 Å². The van der Waals surface area contributed by atoms with E-state index in [1.54, 1.807) is 0 Å². The van der Waals surface area contributed by atoms with Crippen molar-refractivity contribution in [3.8, 4) is 0 Å². The molecule has 0 aromatic heterocycles. The summed E-state index contributed by atoms with van der Waals surface area (Å²) in [6.07, 6.45) is 0.416. The molecule has 1 aliphatic heterocycles. The van der Waals surface area contributed by atoms with Crippen molar-refractivity contribution >= 4 is 11.8 Å². The quantitative estimate of drug-likeness (QED) is 0.411. The average Bonchev–Trinajstić information content (AvgIpc) is 2.28. The molecule has 1 unspecified atom stereocenters. The average molecular weight is 157 g/mol. The molecular formula is C7H11NO3. The topological polar surface area (TPSA) is 55.4 Å². The van der Waals surface area contributed by atoms with E-state index in [0.717, 1.165) is 0 Å². The number of hydrogen-bond donors (Lipinski definition) is 1. The van der Waals surface area contributed by atoms with Gasteiger partial charge in [0.15, 0.2) is 11.8 Å². The monoisotopic (exact) mass is 157 g/mol. The van der Waals surface area contributed by atoms with Gasteiger partial charge in [0.25, 0.3) is 0 Å². The minimum absolute atomic E-state index is 0.0793. The highest BCUT2D eigenvalue weighted by molar-refractivity contribution is 6.04. The summed E-state index contributed by atoms with van der Waals surface area (Å²) in [6, 6.07) is -0.637. The van der Waals surface area contributed by atoms with Gasteiger partial charge < -0.3 is 4.74 Å². The third-order valence-electron chi connectivity index (χ3n) is 1.72. The van der Waals surface area contributed by atoms with Crippen molar-refractivity contribution < 1.29 is 14.3 Å². The standard InChI is InChI=1S/C7H11NO3/c1-4-3-5(9)6(8-4)7(10)11-2/h4,6,8H,3H2,1-2H3/t4-,6?/m1/s1. The van der Waals surface area contributed by atoms with Gasteiger partial charge in [-0.3, -0.25) is 10.1 Å². The van der Waals surface area contributed by atoms with Crippen molar-refractivity contribution in [3.63, 3.8) is 0 Å². The Labute approximate surface area is 64.9 Å². The van der Waals surface area contributed by atoms with Crippen LogP contribution in [0.1, 0.15) is 13.3 Å². The van der Waals surface area contributed by atoms with Gasteiger partial charge in [0.05, 0.1) is 7.11 Å². The summed E-state index contributed by atoms with van der Waals surface area (Å²) in [4.78, 5) is 21.9. The number of Topliss-reactive ketones (excluding diaryl/α,β-unsaturated/α-hetero) is 1. The molecule has 0 aliphatic carbocycles. The highest BCUT2D eigenvalue weighted by atomic mass is 16.5. The summed E-state index contributed by atoms with van der Waals surface area (Å²) in [5, 5.41) is 2.83. The molecule has 0 radical (unpaired) electrons. The zero-order chi connectivity index (χ0) is 8.43. The molecule has 0 aromatic rings. The molecule has 4 nitrogen and oxygen atoms in total. The van der Waals surface area contributed by atoms with Crippen LogP contribution in [0.15, 0.2) is 0 Å². The molecule has 0 spiro atoms. The fraction of sp³-hybridized carbons (Fsp3) is 0.714. The second-order valence-corrected chi connectivity index (χ2v) is 2.69. The van der Waals surface area contributed by atoms with Crippen LogP contribution < -0.4 is 5.32 Å². The van der Waals surface area contributed by atoms with E-state index in [4.69, 9.17) is 0 Å². The van der Waals surface area contributed by atoms with E-state index in [1.165, 1.54) is 7.11 Å². The molecule has 0 saturated carbocycles. The molecule has 11 heavy (non-hydrogen) atoms. The second kappa shape index (κ2) is 3.00. The van der Waals surface area contributed by atoms with Crippen molar-refractivity contribution in [2.24, 2.45) is 0 Å². The zero-order valence-electron chi connectivity index (χ0n) is 6.59. The van der Waals surface area contributed by atoms with Crippen LogP contribution in [0.4, 0.5) is 0 Å². The largest absolute Gasteiger partial charge is 0.468 e. The normalized spacial score (nSPS) is 30.5. The van der Waals surface area contributed by atoms with Gasteiger partial charge in [-0.05, 0) is 6.92 Å². The SMILES string of the molecule is COC(=O)C1N[C@H](C)CC1=O. The van der Waals surface area contributed by atoms with E-state index in [9.17, 15) is 9.59 Å². The summed E-state index contributed by atoms with van der Waals surface area (Å²) in [6.45, 7) is 1.86. The minimum atomic E-state index is -0.727. The van der Waals surface area contributed by atoms with Crippen LogP contribution in [-0.4, -0.2) is 30.9 Å². The third kappa shape index (κ3) is 1.57. The summed E-state index contributed by atoms with van der Waals surface area (Å²) in [5.74, 6) is -0.566. The van der Waals surface area contributed by atoms with Crippen LogP contribution in [0, 0.1) is 0 Å². The second-order valence-electron chi connectivity index (χ2n) is 2.69. The van der Waals surface area contributed by atoms with Gasteiger partial charge in [-0.2, -0.15) is 0 Å². The van der Waals surface area contributed by atoms with Gasteiger partial charge in [-0.1, -0.05) is 0 Å². The molecule has 1 rings (SSSR count). The fourth-order valence-electron chi connectivity index (χ4n) is 1.17. The Bertz CT molecular complexity index is 182. The molecule has 0 aromatic carbocycles. The highest BCUT2D eigenvalue weighted by Crippen LogP contribution is 2.08. The first-order valence-corrected chi connectivity index (χ1v) is 3.51. The van der Waals surface area contributed by atoms with E-state index in [2.05, 4.69) is 10.1 Å². The number of carbonyl (C=O) groups excluding carboxylic acids is 2. The Hall–Kier alpha value is -0.900. The number of methoxy groups -OCH3 is 1. The Balaban J connectivity index is 2.60. The van der Waals surface area contributed by atoms with Gasteiger partial charge in [0.2, 0.25) is 0 Å². The third-order valence-corrected chi connectivity index (χ3v) is 1.72. The van der Waals surface area contributed by atoms with Crippen LogP contribution in [0.5, 0.6) is 0 Å². The zero-order valence-corrected chi connectivity index (χ0v) is 6.59. The maximum Gasteiger partial charge on any atom is 0.330 e. The first-order valence-electron chi connectivity index (χ1n) is 3.51. The van der Waals surface area contributed by atoms with Gasteiger partial charge in [-0.25, -0.2) is 4.79 Å². The van der Waals surface area contributed by atoms with Gasteiger partial charge in [0, 0.05) is 12.5 Å². The lowest BCUT2D eigenvalue weighted by Gasteiger charge is -2.06. The number of rotatable bonds is 1. The fourth-order valence-corrected chi connectivity index (χ4v) is 1.17. The van der Waals surface area contributed by atoms with Crippen molar-refractivity contribution in [2.75, 3.05) is 7.11 Å². The lowest BCUT2D eigenvalue weighted by Crippen LogP contribution is -2.38. The summed E-state index contributed by atoms with van der Waals surface area (Å²) < 4.78 is 4.43. The van der Waals surface area contributed by atoms with Crippen molar-refractivity contribution in [1.82, 2.24) is 5.32 Å². The van der Waals surface area contributed by atoms with Crippen LogP contribution >= 0.6 is 0 Å². The highest BCUT2D eigenvalue weighted by Gasteiger charge is 2.35. The molecule has 0 bridgehead atoms. The molecule has 4 heteroatoms. The number of esters is 1. The Kier molecular flexibility index (Phi) is 2.24. The number of ether oxygens (including phenoxy) is 1. The van der Waals surface area contributed by atoms with Crippen molar-refractivity contribution in [1.29, 1.82) is 0 Å². The van der Waals surface area contributed by atoms with E-state index < -0.39 is 12.0 Å². The molecule has 1 saturated heterocycles. The lowest BCUT2D eigenvalue weighted by atomic mass is 10.2. The van der Waals surface area contributed by atoms with E-state index in [0.29, 0.717) is 6.42 Å². The smallest absolute Gasteiger partial charge is 0.330 e. The molecular weight excluding hydrogens is 146 g/mol. The van der Waals surface area contributed by atoms with Gasteiger partial charge in [-0.15, -0.1) is 0 Å². The van der Waals surface area contributed by atoms with Crippen LogP contribution in [0.25, 0.3) is 0 Å². The number of hydrogen-bond acceptors (Lipinski definition) is 4. The maximum absolute atomic E-state index is 11.0. The molecule has 62 valence electrons. The summed E-state index contributed by atoms with van der Waals surface area (Å²) >= 11 is 0. The maximum atomic E-state index is 11.0. The summed E-state index contributed by atoms with van der Waals surface area (Å²) in [5.41, 5.74) is 0.